The highest BCUT2D eigenvalue weighted by atomic mass is 35.5. The van der Waals surface area contributed by atoms with Crippen LogP contribution in [0.1, 0.15) is 29.0 Å². The first kappa shape index (κ1) is 16.6. The Labute approximate surface area is 145 Å². The van der Waals surface area contributed by atoms with E-state index in [0.717, 1.165) is 18.4 Å². The number of benzene rings is 1. The first-order chi connectivity index (χ1) is 11.6. The first-order valence-corrected chi connectivity index (χ1v) is 8.33. The van der Waals surface area contributed by atoms with Gasteiger partial charge in [0, 0.05) is 23.8 Å². The van der Waals surface area contributed by atoms with E-state index < -0.39 is 0 Å². The van der Waals surface area contributed by atoms with E-state index in [4.69, 9.17) is 16.0 Å². The van der Waals surface area contributed by atoms with Gasteiger partial charge in [0.2, 0.25) is 5.91 Å². The summed E-state index contributed by atoms with van der Waals surface area (Å²) in [5, 5.41) is 3.55. The smallest absolute Gasteiger partial charge is 0.289 e. The van der Waals surface area contributed by atoms with Gasteiger partial charge < -0.3 is 14.6 Å². The first-order valence-electron chi connectivity index (χ1n) is 7.95. The van der Waals surface area contributed by atoms with Gasteiger partial charge in [0.15, 0.2) is 5.76 Å². The molecule has 1 atom stereocenters. The molecule has 1 aromatic heterocycles. The van der Waals surface area contributed by atoms with E-state index in [1.165, 1.54) is 6.26 Å². The summed E-state index contributed by atoms with van der Waals surface area (Å²) in [6, 6.07) is 8.74. The summed E-state index contributed by atoms with van der Waals surface area (Å²) in [4.78, 5) is 26.6. The lowest BCUT2D eigenvalue weighted by molar-refractivity contribution is -0.121. The number of nitrogens with one attached hydrogen (secondary N) is 1. The number of hydrogen-bond acceptors (Lipinski definition) is 3. The number of likely N-dealkylation sites (tertiary alicyclic amines) is 1. The SMILES string of the molecule is Cc1c(Cl)cccc1NC(=O)C1CCCN(C(=O)c2ccco2)C1. The van der Waals surface area contributed by atoms with Crippen molar-refractivity contribution in [3.05, 3.63) is 52.9 Å². The Bertz CT molecular complexity index is 743. The molecule has 5 nitrogen and oxygen atoms in total. The lowest BCUT2D eigenvalue weighted by Gasteiger charge is -2.31. The van der Waals surface area contributed by atoms with Crippen molar-refractivity contribution >= 4 is 29.1 Å². The quantitative estimate of drug-likeness (QED) is 0.921. The standard InChI is InChI=1S/C18H19ClN2O3/c1-12-14(19)6-2-7-15(12)20-17(22)13-5-3-9-21(11-13)18(23)16-8-4-10-24-16/h2,4,6-8,10,13H,3,5,9,11H2,1H3,(H,20,22). The van der Waals surface area contributed by atoms with E-state index in [1.54, 1.807) is 29.2 Å². The molecule has 1 aliphatic heterocycles. The number of halogens is 1. The van der Waals surface area contributed by atoms with Crippen LogP contribution in [0, 0.1) is 12.8 Å². The molecule has 1 saturated heterocycles. The summed E-state index contributed by atoms with van der Waals surface area (Å²) in [6.45, 7) is 2.90. The van der Waals surface area contributed by atoms with Gasteiger partial charge in [0.25, 0.3) is 5.91 Å². The van der Waals surface area contributed by atoms with Gasteiger partial charge in [-0.2, -0.15) is 0 Å². The molecule has 0 radical (unpaired) electrons. The molecule has 6 heteroatoms. The van der Waals surface area contributed by atoms with Crippen molar-refractivity contribution in [3.8, 4) is 0 Å². The zero-order chi connectivity index (χ0) is 17.1. The third kappa shape index (κ3) is 3.46. The van der Waals surface area contributed by atoms with Crippen molar-refractivity contribution in [1.82, 2.24) is 4.90 Å². The van der Waals surface area contributed by atoms with E-state index in [0.29, 0.717) is 29.6 Å². The van der Waals surface area contributed by atoms with E-state index >= 15 is 0 Å². The monoisotopic (exact) mass is 346 g/mol. The van der Waals surface area contributed by atoms with Crippen molar-refractivity contribution < 1.29 is 14.0 Å². The minimum Gasteiger partial charge on any atom is -0.459 e. The Morgan fingerprint density at radius 1 is 1.29 bits per heavy atom. The average molecular weight is 347 g/mol. The van der Waals surface area contributed by atoms with Crippen molar-refractivity contribution in [2.45, 2.75) is 19.8 Å². The number of furan rings is 1. The Balaban J connectivity index is 1.67. The maximum absolute atomic E-state index is 12.6. The zero-order valence-electron chi connectivity index (χ0n) is 13.4. The van der Waals surface area contributed by atoms with Crippen LogP contribution < -0.4 is 5.32 Å². The number of carbonyl (C=O) groups excluding carboxylic acids is 2. The Kier molecular flexibility index (Phi) is 4.90. The molecule has 0 bridgehead atoms. The molecular formula is C18H19ClN2O3. The molecular weight excluding hydrogens is 328 g/mol. The molecule has 126 valence electrons. The normalized spacial score (nSPS) is 17.6. The molecule has 1 aliphatic rings. The molecule has 0 spiro atoms. The van der Waals surface area contributed by atoms with Gasteiger partial charge in [-0.05, 0) is 49.6 Å². The second kappa shape index (κ2) is 7.09. The second-order valence-electron chi connectivity index (χ2n) is 5.97. The van der Waals surface area contributed by atoms with Crippen LogP contribution in [-0.4, -0.2) is 29.8 Å². The van der Waals surface area contributed by atoms with Crippen LogP contribution in [0.4, 0.5) is 5.69 Å². The predicted octanol–water partition coefficient (Wildman–Crippen LogP) is 3.73. The van der Waals surface area contributed by atoms with E-state index in [1.807, 2.05) is 13.0 Å². The fourth-order valence-electron chi connectivity index (χ4n) is 2.91. The van der Waals surface area contributed by atoms with Gasteiger partial charge in [-0.15, -0.1) is 0 Å². The third-order valence-corrected chi connectivity index (χ3v) is 4.75. The third-order valence-electron chi connectivity index (χ3n) is 4.34. The molecule has 1 aromatic carbocycles. The van der Waals surface area contributed by atoms with Gasteiger partial charge in [-0.25, -0.2) is 0 Å². The van der Waals surface area contributed by atoms with Crippen LogP contribution in [0.15, 0.2) is 41.0 Å². The number of amides is 2. The second-order valence-corrected chi connectivity index (χ2v) is 6.38. The molecule has 0 saturated carbocycles. The maximum Gasteiger partial charge on any atom is 0.289 e. The van der Waals surface area contributed by atoms with Crippen LogP contribution in [0.25, 0.3) is 0 Å². The highest BCUT2D eigenvalue weighted by Gasteiger charge is 2.30. The van der Waals surface area contributed by atoms with Gasteiger partial charge in [0.05, 0.1) is 12.2 Å². The molecule has 2 amide bonds. The summed E-state index contributed by atoms with van der Waals surface area (Å²) >= 11 is 6.09. The van der Waals surface area contributed by atoms with E-state index in [-0.39, 0.29) is 17.7 Å². The van der Waals surface area contributed by atoms with Gasteiger partial charge in [-0.1, -0.05) is 17.7 Å². The maximum atomic E-state index is 12.6. The summed E-state index contributed by atoms with van der Waals surface area (Å²) < 4.78 is 5.16. The lowest BCUT2D eigenvalue weighted by Crippen LogP contribution is -2.43. The topological polar surface area (TPSA) is 62.6 Å². The summed E-state index contributed by atoms with van der Waals surface area (Å²) in [5.41, 5.74) is 1.55. The number of hydrogen-bond donors (Lipinski definition) is 1. The largest absolute Gasteiger partial charge is 0.459 e. The Morgan fingerprint density at radius 2 is 2.12 bits per heavy atom. The fourth-order valence-corrected chi connectivity index (χ4v) is 3.08. The van der Waals surface area contributed by atoms with Crippen LogP contribution in [0.3, 0.4) is 0 Å². The fraction of sp³-hybridized carbons (Fsp3) is 0.333. The number of carbonyl (C=O) groups is 2. The molecule has 1 unspecified atom stereocenters. The van der Waals surface area contributed by atoms with E-state index in [9.17, 15) is 9.59 Å². The highest BCUT2D eigenvalue weighted by molar-refractivity contribution is 6.31. The molecule has 2 heterocycles. The number of piperidine rings is 1. The van der Waals surface area contributed by atoms with Crippen molar-refractivity contribution in [2.75, 3.05) is 18.4 Å². The van der Waals surface area contributed by atoms with Crippen molar-refractivity contribution in [3.63, 3.8) is 0 Å². The number of rotatable bonds is 3. The number of anilines is 1. The predicted molar refractivity (Wildman–Crippen MR) is 92.2 cm³/mol. The zero-order valence-corrected chi connectivity index (χ0v) is 14.2. The van der Waals surface area contributed by atoms with Crippen LogP contribution in [0.2, 0.25) is 5.02 Å². The molecule has 0 aliphatic carbocycles. The van der Waals surface area contributed by atoms with Gasteiger partial charge in [-0.3, -0.25) is 9.59 Å². The Hall–Kier alpha value is -2.27. The van der Waals surface area contributed by atoms with Gasteiger partial charge in [0.1, 0.15) is 0 Å². The minimum atomic E-state index is -0.240. The van der Waals surface area contributed by atoms with Crippen molar-refractivity contribution in [1.29, 1.82) is 0 Å². The van der Waals surface area contributed by atoms with Gasteiger partial charge >= 0.3 is 0 Å². The minimum absolute atomic E-state index is 0.0858. The average Bonchev–Trinajstić information content (AvgIpc) is 3.13. The molecule has 24 heavy (non-hydrogen) atoms. The summed E-state index contributed by atoms with van der Waals surface area (Å²) in [7, 11) is 0. The molecule has 1 fully saturated rings. The molecule has 2 aromatic rings. The Morgan fingerprint density at radius 3 is 2.88 bits per heavy atom. The van der Waals surface area contributed by atoms with Crippen LogP contribution in [0.5, 0.6) is 0 Å². The van der Waals surface area contributed by atoms with Crippen molar-refractivity contribution in [2.24, 2.45) is 5.92 Å². The molecule has 1 N–H and O–H groups in total. The summed E-state index contributed by atoms with van der Waals surface area (Å²) in [5.74, 6) is -0.188. The lowest BCUT2D eigenvalue weighted by atomic mass is 9.96. The summed E-state index contributed by atoms with van der Waals surface area (Å²) in [6.07, 6.45) is 3.02. The van der Waals surface area contributed by atoms with E-state index in [2.05, 4.69) is 5.32 Å². The highest BCUT2D eigenvalue weighted by Crippen LogP contribution is 2.25. The van der Waals surface area contributed by atoms with Crippen LogP contribution >= 0.6 is 11.6 Å². The molecule has 3 rings (SSSR count). The number of nitrogens with zero attached hydrogens (tertiary/aromatic N) is 1. The van der Waals surface area contributed by atoms with Crippen LogP contribution in [-0.2, 0) is 4.79 Å².